The minimum absolute atomic E-state index is 0.0128. The zero-order valence-corrected chi connectivity index (χ0v) is 10.7. The van der Waals surface area contributed by atoms with Crippen LogP contribution < -0.4 is 10.2 Å². The Morgan fingerprint density at radius 2 is 2.12 bits per heavy atom. The predicted octanol–water partition coefficient (Wildman–Crippen LogP) is 0.566. The monoisotopic (exact) mass is 259 g/mol. The highest BCUT2D eigenvalue weighted by atomic mass is 35.5. The van der Waals surface area contributed by atoms with Crippen LogP contribution in [0.5, 0.6) is 0 Å². The highest BCUT2D eigenvalue weighted by Crippen LogP contribution is 2.10. The van der Waals surface area contributed by atoms with Crippen molar-refractivity contribution in [2.75, 3.05) is 37.5 Å². The van der Waals surface area contributed by atoms with Gasteiger partial charge in [-0.15, -0.1) is 0 Å². The average Bonchev–Trinajstić information content (AvgIpc) is 2.26. The molecule has 0 bridgehead atoms. The number of hydrogen-bond acceptors (Lipinski definition) is 7. The number of anilines is 2. The first kappa shape index (κ1) is 13.4. The Morgan fingerprint density at radius 3 is 2.71 bits per heavy atom. The van der Waals surface area contributed by atoms with E-state index >= 15 is 0 Å². The van der Waals surface area contributed by atoms with E-state index in [9.17, 15) is 4.79 Å². The third-order valence-corrected chi connectivity index (χ3v) is 1.86. The highest BCUT2D eigenvalue weighted by molar-refractivity contribution is 6.28. The van der Waals surface area contributed by atoms with Crippen LogP contribution in [0, 0.1) is 0 Å². The van der Waals surface area contributed by atoms with Crippen molar-refractivity contribution in [3.8, 4) is 0 Å². The Hall–Kier alpha value is -1.63. The predicted molar refractivity (Wildman–Crippen MR) is 64.3 cm³/mol. The lowest BCUT2D eigenvalue weighted by Gasteiger charge is -2.11. The Morgan fingerprint density at radius 1 is 1.41 bits per heavy atom. The van der Waals surface area contributed by atoms with Gasteiger partial charge in [-0.1, -0.05) is 0 Å². The maximum Gasteiger partial charge on any atom is 0.325 e. The molecule has 17 heavy (non-hydrogen) atoms. The molecule has 0 unspecified atom stereocenters. The summed E-state index contributed by atoms with van der Waals surface area (Å²) in [7, 11) is 3.56. The molecule has 8 heteroatoms. The summed E-state index contributed by atoms with van der Waals surface area (Å²) in [6.07, 6.45) is 0. The SMILES string of the molecule is CCOC(=O)CNc1nc(Cl)nc(N(C)C)n1. The summed E-state index contributed by atoms with van der Waals surface area (Å²) >= 11 is 5.73. The van der Waals surface area contributed by atoms with Crippen molar-refractivity contribution in [1.82, 2.24) is 15.0 Å². The van der Waals surface area contributed by atoms with E-state index in [1.807, 2.05) is 0 Å². The highest BCUT2D eigenvalue weighted by Gasteiger charge is 2.08. The smallest absolute Gasteiger partial charge is 0.325 e. The third-order valence-electron chi connectivity index (χ3n) is 1.69. The van der Waals surface area contributed by atoms with Gasteiger partial charge in [0, 0.05) is 14.1 Å². The van der Waals surface area contributed by atoms with Crippen molar-refractivity contribution in [3.63, 3.8) is 0 Å². The van der Waals surface area contributed by atoms with E-state index in [-0.39, 0.29) is 23.7 Å². The Kier molecular flexibility index (Phi) is 4.89. The summed E-state index contributed by atoms with van der Waals surface area (Å²) in [5.74, 6) is 0.272. The van der Waals surface area contributed by atoms with E-state index in [0.29, 0.717) is 12.6 Å². The van der Waals surface area contributed by atoms with Crippen molar-refractivity contribution >= 4 is 29.5 Å². The molecule has 0 amide bonds. The van der Waals surface area contributed by atoms with Crippen molar-refractivity contribution in [2.45, 2.75) is 6.92 Å². The molecule has 0 fully saturated rings. The lowest BCUT2D eigenvalue weighted by atomic mass is 10.6. The number of carbonyl (C=O) groups excluding carboxylic acids is 1. The normalized spacial score (nSPS) is 9.88. The number of halogens is 1. The number of hydrogen-bond donors (Lipinski definition) is 1. The fourth-order valence-corrected chi connectivity index (χ4v) is 1.14. The van der Waals surface area contributed by atoms with Crippen LogP contribution in [0.2, 0.25) is 5.28 Å². The van der Waals surface area contributed by atoms with Crippen LogP contribution in [-0.2, 0) is 9.53 Å². The molecule has 0 saturated heterocycles. The second kappa shape index (κ2) is 6.19. The summed E-state index contributed by atoms with van der Waals surface area (Å²) in [5.41, 5.74) is 0. The molecule has 0 saturated carbocycles. The number of carbonyl (C=O) groups is 1. The summed E-state index contributed by atoms with van der Waals surface area (Å²) in [4.78, 5) is 24.6. The lowest BCUT2D eigenvalue weighted by molar-refractivity contribution is -0.140. The van der Waals surface area contributed by atoms with Gasteiger partial charge in [-0.05, 0) is 18.5 Å². The van der Waals surface area contributed by atoms with Gasteiger partial charge in [0.2, 0.25) is 17.2 Å². The van der Waals surface area contributed by atoms with Gasteiger partial charge in [-0.2, -0.15) is 15.0 Å². The largest absolute Gasteiger partial charge is 0.465 e. The van der Waals surface area contributed by atoms with Gasteiger partial charge in [0.25, 0.3) is 0 Å². The first-order valence-corrected chi connectivity index (χ1v) is 5.39. The van der Waals surface area contributed by atoms with Gasteiger partial charge in [0.1, 0.15) is 6.54 Å². The standard InChI is InChI=1S/C9H14ClN5O2/c1-4-17-6(16)5-11-8-12-7(10)13-9(14-8)15(2)3/h4-5H2,1-3H3,(H,11,12,13,14). The van der Waals surface area contributed by atoms with Crippen LogP contribution in [0.15, 0.2) is 0 Å². The quantitative estimate of drug-likeness (QED) is 0.774. The second-order valence-corrected chi connectivity index (χ2v) is 3.62. The number of nitrogens with zero attached hydrogens (tertiary/aromatic N) is 4. The van der Waals surface area contributed by atoms with Crippen molar-refractivity contribution in [2.24, 2.45) is 0 Å². The van der Waals surface area contributed by atoms with Gasteiger partial charge in [-0.3, -0.25) is 4.79 Å². The number of rotatable bonds is 5. The average molecular weight is 260 g/mol. The lowest BCUT2D eigenvalue weighted by Crippen LogP contribution is -2.20. The Labute approximate surface area is 104 Å². The molecule has 1 aromatic heterocycles. The molecule has 0 aliphatic heterocycles. The summed E-state index contributed by atoms with van der Waals surface area (Å²) in [5, 5.41) is 2.78. The molecule has 0 spiro atoms. The molecular weight excluding hydrogens is 246 g/mol. The summed E-state index contributed by atoms with van der Waals surface area (Å²) in [6, 6.07) is 0. The van der Waals surface area contributed by atoms with E-state index in [1.165, 1.54) is 0 Å². The van der Waals surface area contributed by atoms with Gasteiger partial charge in [0.05, 0.1) is 6.61 Å². The first-order chi connectivity index (χ1) is 8.02. The molecule has 94 valence electrons. The first-order valence-electron chi connectivity index (χ1n) is 5.01. The van der Waals surface area contributed by atoms with E-state index in [4.69, 9.17) is 16.3 Å². The van der Waals surface area contributed by atoms with E-state index in [0.717, 1.165) is 0 Å². The van der Waals surface area contributed by atoms with Crippen LogP contribution >= 0.6 is 11.6 Å². The topological polar surface area (TPSA) is 80.2 Å². The van der Waals surface area contributed by atoms with Crippen LogP contribution in [0.25, 0.3) is 0 Å². The van der Waals surface area contributed by atoms with E-state index in [2.05, 4.69) is 20.3 Å². The Balaban J connectivity index is 2.68. The van der Waals surface area contributed by atoms with Crippen molar-refractivity contribution in [1.29, 1.82) is 0 Å². The number of ether oxygens (including phenoxy) is 1. The molecule has 1 rings (SSSR count). The zero-order chi connectivity index (χ0) is 12.8. The van der Waals surface area contributed by atoms with Crippen LogP contribution in [0.3, 0.4) is 0 Å². The van der Waals surface area contributed by atoms with E-state index < -0.39 is 0 Å². The molecule has 0 aliphatic rings. The molecular formula is C9H14ClN5O2. The third kappa shape index (κ3) is 4.39. The van der Waals surface area contributed by atoms with Gasteiger partial charge in [0.15, 0.2) is 0 Å². The minimum Gasteiger partial charge on any atom is -0.465 e. The summed E-state index contributed by atoms with van der Waals surface area (Å²) in [6.45, 7) is 2.06. The van der Waals surface area contributed by atoms with Crippen molar-refractivity contribution in [3.05, 3.63) is 5.28 Å². The Bertz CT molecular complexity index is 399. The fourth-order valence-electron chi connectivity index (χ4n) is 0.982. The van der Waals surface area contributed by atoms with Gasteiger partial charge < -0.3 is 15.0 Å². The van der Waals surface area contributed by atoms with Crippen LogP contribution in [0.1, 0.15) is 6.92 Å². The van der Waals surface area contributed by atoms with Crippen LogP contribution in [0.4, 0.5) is 11.9 Å². The molecule has 0 aliphatic carbocycles. The molecule has 0 atom stereocenters. The van der Waals surface area contributed by atoms with Gasteiger partial charge >= 0.3 is 5.97 Å². The minimum atomic E-state index is -0.379. The molecule has 0 aromatic carbocycles. The number of aromatic nitrogens is 3. The van der Waals surface area contributed by atoms with Crippen molar-refractivity contribution < 1.29 is 9.53 Å². The molecule has 7 nitrogen and oxygen atoms in total. The molecule has 0 radical (unpaired) electrons. The molecule has 1 N–H and O–H groups in total. The summed E-state index contributed by atoms with van der Waals surface area (Å²) < 4.78 is 4.76. The number of esters is 1. The zero-order valence-electron chi connectivity index (χ0n) is 9.90. The number of nitrogens with one attached hydrogen (secondary N) is 1. The molecule has 1 heterocycles. The van der Waals surface area contributed by atoms with Gasteiger partial charge in [-0.25, -0.2) is 0 Å². The molecule has 1 aromatic rings. The second-order valence-electron chi connectivity index (χ2n) is 3.28. The maximum absolute atomic E-state index is 11.1. The van der Waals surface area contributed by atoms with E-state index in [1.54, 1.807) is 25.9 Å². The maximum atomic E-state index is 11.1. The fraction of sp³-hybridized carbons (Fsp3) is 0.556. The van der Waals surface area contributed by atoms with Crippen LogP contribution in [-0.4, -0.2) is 48.2 Å².